The van der Waals surface area contributed by atoms with Gasteiger partial charge in [0.2, 0.25) is 0 Å². The van der Waals surface area contributed by atoms with Crippen molar-refractivity contribution in [1.82, 2.24) is 0 Å². The Morgan fingerprint density at radius 3 is 2.67 bits per heavy atom. The minimum absolute atomic E-state index is 1.21. The summed E-state index contributed by atoms with van der Waals surface area (Å²) >= 11 is 5.30. The topological polar surface area (TPSA) is 0 Å². The molecule has 0 aliphatic heterocycles. The lowest BCUT2D eigenvalue weighted by Crippen LogP contribution is -1.75. The molecule has 1 aromatic heterocycles. The molecule has 0 N–H and O–H groups in total. The summed E-state index contributed by atoms with van der Waals surface area (Å²) < 4.78 is 2.59. The molecule has 0 radical (unpaired) electrons. The van der Waals surface area contributed by atoms with Crippen molar-refractivity contribution in [1.29, 1.82) is 0 Å². The van der Waals surface area contributed by atoms with Crippen molar-refractivity contribution in [2.24, 2.45) is 0 Å². The van der Waals surface area contributed by atoms with Gasteiger partial charge < -0.3 is 0 Å². The molecule has 0 spiro atoms. The molecule has 0 amide bonds. The van der Waals surface area contributed by atoms with E-state index in [4.69, 9.17) is 0 Å². The zero-order valence-electron chi connectivity index (χ0n) is 7.02. The monoisotopic (exact) mass is 240 g/mol. The Morgan fingerprint density at radius 1 is 1.17 bits per heavy atom. The third-order valence-corrected chi connectivity index (χ3v) is 3.54. The summed E-state index contributed by atoms with van der Waals surface area (Å²) in [5, 5.41) is 1.37. The molecule has 0 unspecified atom stereocenters. The highest BCUT2D eigenvalue weighted by atomic mass is 79.9. The van der Waals surface area contributed by atoms with Gasteiger partial charge in [0.05, 0.1) is 3.79 Å². The van der Waals surface area contributed by atoms with Crippen LogP contribution >= 0.6 is 27.3 Å². The van der Waals surface area contributed by atoms with Gasteiger partial charge in [-0.05, 0) is 58.4 Å². The number of aryl methyl sites for hydroxylation is 2. The standard InChI is InChI=1S/C10H9BrS/c1-6-3-7(2)8-5-10(11)12-9(8)4-6/h3-5H,1-2H3. The smallest absolute Gasteiger partial charge is 0.0711 e. The van der Waals surface area contributed by atoms with E-state index in [0.29, 0.717) is 0 Å². The van der Waals surface area contributed by atoms with Gasteiger partial charge in [-0.15, -0.1) is 11.3 Å². The highest BCUT2D eigenvalue weighted by Crippen LogP contribution is 2.32. The van der Waals surface area contributed by atoms with E-state index < -0.39 is 0 Å². The molecule has 0 aliphatic rings. The molecule has 0 nitrogen and oxygen atoms in total. The summed E-state index contributed by atoms with van der Waals surface area (Å²) in [6.07, 6.45) is 0. The lowest BCUT2D eigenvalue weighted by atomic mass is 10.1. The summed E-state index contributed by atoms with van der Waals surface area (Å²) in [6.45, 7) is 4.30. The summed E-state index contributed by atoms with van der Waals surface area (Å²) in [6, 6.07) is 6.65. The van der Waals surface area contributed by atoms with Crippen LogP contribution in [0.3, 0.4) is 0 Å². The molecule has 1 heterocycles. The Kier molecular flexibility index (Phi) is 1.97. The lowest BCUT2D eigenvalue weighted by molar-refractivity contribution is 1.44. The molecule has 62 valence electrons. The zero-order valence-corrected chi connectivity index (χ0v) is 9.42. The molecular weight excluding hydrogens is 232 g/mol. The maximum absolute atomic E-state index is 3.50. The Morgan fingerprint density at radius 2 is 1.92 bits per heavy atom. The third kappa shape index (κ3) is 1.29. The van der Waals surface area contributed by atoms with Crippen LogP contribution < -0.4 is 0 Å². The Balaban J connectivity index is 2.88. The number of thiophene rings is 1. The van der Waals surface area contributed by atoms with E-state index in [1.54, 1.807) is 11.3 Å². The van der Waals surface area contributed by atoms with Crippen LogP contribution in [0.1, 0.15) is 11.1 Å². The van der Waals surface area contributed by atoms with Crippen LogP contribution in [0.2, 0.25) is 0 Å². The largest absolute Gasteiger partial charge is 0.128 e. The van der Waals surface area contributed by atoms with E-state index in [2.05, 4.69) is 48.0 Å². The first kappa shape index (κ1) is 8.27. The van der Waals surface area contributed by atoms with Crippen molar-refractivity contribution in [3.05, 3.63) is 33.1 Å². The predicted octanol–water partition coefficient (Wildman–Crippen LogP) is 4.28. The fraction of sp³-hybridized carbons (Fsp3) is 0.200. The lowest BCUT2D eigenvalue weighted by Gasteiger charge is -1.97. The van der Waals surface area contributed by atoms with Crippen molar-refractivity contribution < 1.29 is 0 Å². The third-order valence-electron chi connectivity index (χ3n) is 1.96. The van der Waals surface area contributed by atoms with Crippen LogP contribution in [0.4, 0.5) is 0 Å². The van der Waals surface area contributed by atoms with Gasteiger partial charge in [-0.1, -0.05) is 6.07 Å². The molecule has 2 heteroatoms. The van der Waals surface area contributed by atoms with Crippen LogP contribution in [-0.4, -0.2) is 0 Å². The summed E-state index contributed by atoms with van der Waals surface area (Å²) in [5.41, 5.74) is 2.71. The van der Waals surface area contributed by atoms with Crippen molar-refractivity contribution >= 4 is 37.4 Å². The van der Waals surface area contributed by atoms with Gasteiger partial charge in [-0.3, -0.25) is 0 Å². The molecule has 0 bridgehead atoms. The number of benzene rings is 1. The number of hydrogen-bond donors (Lipinski definition) is 0. The molecule has 0 saturated carbocycles. The van der Waals surface area contributed by atoms with Gasteiger partial charge in [0.15, 0.2) is 0 Å². The number of halogens is 1. The molecule has 1 aromatic carbocycles. The second-order valence-corrected chi connectivity index (χ2v) is 5.51. The normalized spacial score (nSPS) is 10.9. The van der Waals surface area contributed by atoms with Gasteiger partial charge >= 0.3 is 0 Å². The Labute approximate surface area is 84.4 Å². The second kappa shape index (κ2) is 2.86. The summed E-state index contributed by atoms with van der Waals surface area (Å²) in [4.78, 5) is 0. The van der Waals surface area contributed by atoms with Crippen LogP contribution in [0.15, 0.2) is 22.0 Å². The zero-order chi connectivity index (χ0) is 8.72. The first-order valence-electron chi connectivity index (χ1n) is 3.83. The quantitative estimate of drug-likeness (QED) is 0.645. The highest BCUT2D eigenvalue weighted by molar-refractivity contribution is 9.11. The van der Waals surface area contributed by atoms with Crippen LogP contribution in [0, 0.1) is 13.8 Å². The maximum atomic E-state index is 3.50. The van der Waals surface area contributed by atoms with E-state index >= 15 is 0 Å². The van der Waals surface area contributed by atoms with Crippen LogP contribution in [0.25, 0.3) is 10.1 Å². The van der Waals surface area contributed by atoms with Gasteiger partial charge in [0.25, 0.3) is 0 Å². The van der Waals surface area contributed by atoms with Gasteiger partial charge in [0.1, 0.15) is 0 Å². The van der Waals surface area contributed by atoms with Gasteiger partial charge in [0, 0.05) is 4.70 Å². The maximum Gasteiger partial charge on any atom is 0.0711 e. The van der Waals surface area contributed by atoms with Crippen molar-refractivity contribution in [2.45, 2.75) is 13.8 Å². The minimum Gasteiger partial charge on any atom is -0.128 e. The fourth-order valence-electron chi connectivity index (χ4n) is 1.46. The van der Waals surface area contributed by atoms with Crippen molar-refractivity contribution in [3.63, 3.8) is 0 Å². The molecular formula is C10H9BrS. The fourth-order valence-corrected chi connectivity index (χ4v) is 3.17. The number of rotatable bonds is 0. The molecule has 2 rings (SSSR count). The van der Waals surface area contributed by atoms with E-state index in [0.717, 1.165) is 0 Å². The number of hydrogen-bond acceptors (Lipinski definition) is 1. The molecule has 2 aromatic rings. The van der Waals surface area contributed by atoms with E-state index in [1.165, 1.54) is 25.0 Å². The molecule has 0 atom stereocenters. The molecule has 0 aliphatic carbocycles. The second-order valence-electron chi connectivity index (χ2n) is 3.04. The summed E-state index contributed by atoms with van der Waals surface area (Å²) in [7, 11) is 0. The van der Waals surface area contributed by atoms with E-state index in [-0.39, 0.29) is 0 Å². The van der Waals surface area contributed by atoms with Crippen molar-refractivity contribution in [3.8, 4) is 0 Å². The molecule has 0 fully saturated rings. The molecule has 0 saturated heterocycles. The SMILES string of the molecule is Cc1cc(C)c2cc(Br)sc2c1. The van der Waals surface area contributed by atoms with Gasteiger partial charge in [-0.25, -0.2) is 0 Å². The van der Waals surface area contributed by atoms with Crippen LogP contribution in [0.5, 0.6) is 0 Å². The minimum atomic E-state index is 1.21. The highest BCUT2D eigenvalue weighted by Gasteiger charge is 2.02. The number of fused-ring (bicyclic) bond motifs is 1. The predicted molar refractivity (Wildman–Crippen MR) is 59.0 cm³/mol. The van der Waals surface area contributed by atoms with E-state index in [9.17, 15) is 0 Å². The first-order chi connectivity index (χ1) is 5.66. The first-order valence-corrected chi connectivity index (χ1v) is 5.44. The summed E-state index contributed by atoms with van der Waals surface area (Å²) in [5.74, 6) is 0. The molecule has 12 heavy (non-hydrogen) atoms. The average molecular weight is 241 g/mol. The van der Waals surface area contributed by atoms with Crippen molar-refractivity contribution in [2.75, 3.05) is 0 Å². The average Bonchev–Trinajstić information content (AvgIpc) is 2.29. The van der Waals surface area contributed by atoms with Crippen LogP contribution in [-0.2, 0) is 0 Å². The Bertz CT molecular complexity index is 429. The Hall–Kier alpha value is -0.340. The van der Waals surface area contributed by atoms with Gasteiger partial charge in [-0.2, -0.15) is 0 Å². The van der Waals surface area contributed by atoms with E-state index in [1.807, 2.05) is 0 Å².